The maximum Gasteiger partial charge on any atom is 0.0167 e. The van der Waals surface area contributed by atoms with E-state index >= 15 is 0 Å². The van der Waals surface area contributed by atoms with Crippen molar-refractivity contribution < 1.29 is 0 Å². The van der Waals surface area contributed by atoms with Gasteiger partial charge in [0, 0.05) is 4.48 Å². The first kappa shape index (κ1) is 6.09. The summed E-state index contributed by atoms with van der Waals surface area (Å²) < 4.78 is 1.29. The Morgan fingerprint density at radius 3 is 2.75 bits per heavy atom. The van der Waals surface area contributed by atoms with E-state index in [1.807, 2.05) is 0 Å². The van der Waals surface area contributed by atoms with Gasteiger partial charge in [-0.05, 0) is 12.8 Å². The Balaban J connectivity index is 2.68. The third-order valence-electron chi connectivity index (χ3n) is 1.39. The van der Waals surface area contributed by atoms with Crippen molar-refractivity contribution in [2.75, 3.05) is 0 Å². The summed E-state index contributed by atoms with van der Waals surface area (Å²) in [5.41, 5.74) is 1.52. The third kappa shape index (κ3) is 1.03. The highest BCUT2D eigenvalue weighted by molar-refractivity contribution is 9.11. The van der Waals surface area contributed by atoms with Crippen LogP contribution in [0.15, 0.2) is 22.2 Å². The zero-order valence-corrected chi connectivity index (χ0v) is 6.53. The molecule has 0 saturated carbocycles. The molecule has 1 aliphatic rings. The first-order chi connectivity index (χ1) is 3.84. The topological polar surface area (TPSA) is 0 Å². The van der Waals surface area contributed by atoms with Crippen LogP contribution in [-0.2, 0) is 0 Å². The summed E-state index contributed by atoms with van der Waals surface area (Å²) in [6.45, 7) is 2.18. The van der Waals surface area contributed by atoms with Gasteiger partial charge in [0.2, 0.25) is 0 Å². The minimum atomic E-state index is 1.15. The quantitative estimate of drug-likeness (QED) is 0.571. The molecule has 0 aromatic carbocycles. The van der Waals surface area contributed by atoms with E-state index in [0.717, 1.165) is 6.42 Å². The van der Waals surface area contributed by atoms with Crippen LogP contribution in [0.4, 0.5) is 0 Å². The van der Waals surface area contributed by atoms with Crippen molar-refractivity contribution in [2.24, 2.45) is 0 Å². The van der Waals surface area contributed by atoms with Crippen molar-refractivity contribution >= 4 is 15.9 Å². The maximum absolute atomic E-state index is 3.46. The number of halogens is 1. The number of hydrogen-bond donors (Lipinski definition) is 0. The predicted octanol–water partition coefficient (Wildman–Crippen LogP) is 3.01. The Bertz CT molecular complexity index is 142. The van der Waals surface area contributed by atoms with Crippen molar-refractivity contribution in [1.82, 2.24) is 0 Å². The van der Waals surface area contributed by atoms with Crippen molar-refractivity contribution in [3.63, 3.8) is 0 Å². The molecule has 44 valence electrons. The summed E-state index contributed by atoms with van der Waals surface area (Å²) in [5, 5.41) is 0. The lowest BCUT2D eigenvalue weighted by atomic mass is 10.2. The first-order valence-electron chi connectivity index (χ1n) is 2.88. The Morgan fingerprint density at radius 2 is 2.50 bits per heavy atom. The zero-order chi connectivity index (χ0) is 5.98. The van der Waals surface area contributed by atoms with Gasteiger partial charge in [-0.15, -0.1) is 0 Å². The zero-order valence-electron chi connectivity index (χ0n) is 4.95. The molecular weight excluding hydrogens is 164 g/mol. The molecule has 0 heterocycles. The predicted molar refractivity (Wildman–Crippen MR) is 40.0 cm³/mol. The summed E-state index contributed by atoms with van der Waals surface area (Å²) in [7, 11) is 0. The average molecular weight is 173 g/mol. The molecule has 0 amide bonds. The molecular formula is C7H9Br. The molecule has 0 atom stereocenters. The van der Waals surface area contributed by atoms with Crippen molar-refractivity contribution in [3.05, 3.63) is 22.2 Å². The molecule has 0 aliphatic heterocycles. The highest BCUT2D eigenvalue weighted by Crippen LogP contribution is 2.25. The number of hydrogen-bond acceptors (Lipinski definition) is 0. The third-order valence-corrected chi connectivity index (χ3v) is 2.22. The lowest BCUT2D eigenvalue weighted by Gasteiger charge is -1.93. The molecule has 1 rings (SSSR count). The minimum Gasteiger partial charge on any atom is -0.0793 e. The molecule has 0 nitrogen and oxygen atoms in total. The van der Waals surface area contributed by atoms with E-state index in [9.17, 15) is 0 Å². The molecule has 8 heavy (non-hydrogen) atoms. The largest absolute Gasteiger partial charge is 0.0793 e. The summed E-state index contributed by atoms with van der Waals surface area (Å²) >= 11 is 3.46. The van der Waals surface area contributed by atoms with Gasteiger partial charge in [0.05, 0.1) is 0 Å². The molecule has 0 aromatic heterocycles. The highest BCUT2D eigenvalue weighted by Gasteiger charge is 2.01. The Kier molecular flexibility index (Phi) is 1.90. The van der Waals surface area contributed by atoms with Gasteiger partial charge >= 0.3 is 0 Å². The molecule has 0 spiro atoms. The normalized spacial score (nSPS) is 18.2. The van der Waals surface area contributed by atoms with E-state index in [1.54, 1.807) is 0 Å². The van der Waals surface area contributed by atoms with Crippen LogP contribution in [0, 0.1) is 0 Å². The van der Waals surface area contributed by atoms with Gasteiger partial charge in [0.25, 0.3) is 0 Å². The maximum atomic E-state index is 3.46. The second-order valence-electron chi connectivity index (χ2n) is 1.91. The second kappa shape index (κ2) is 2.49. The highest BCUT2D eigenvalue weighted by atomic mass is 79.9. The average Bonchev–Trinajstić information content (AvgIpc) is 2.14. The lowest BCUT2D eigenvalue weighted by Crippen LogP contribution is -1.72. The van der Waals surface area contributed by atoms with Gasteiger partial charge in [-0.25, -0.2) is 0 Å². The van der Waals surface area contributed by atoms with Crippen molar-refractivity contribution in [2.45, 2.75) is 19.8 Å². The standard InChI is InChI=1S/C7H9Br/c1-2-6-4-3-5-7(6)8/h3,5H,2,4H2,1H3. The molecule has 0 radical (unpaired) electrons. The van der Waals surface area contributed by atoms with Crippen LogP contribution in [0.5, 0.6) is 0 Å². The summed E-state index contributed by atoms with van der Waals surface area (Å²) in [6, 6.07) is 0. The number of allylic oxidation sites excluding steroid dienone is 4. The van der Waals surface area contributed by atoms with Gasteiger partial charge in [-0.1, -0.05) is 40.6 Å². The molecule has 0 saturated heterocycles. The summed E-state index contributed by atoms with van der Waals surface area (Å²) in [6.07, 6.45) is 6.63. The Hall–Kier alpha value is -0.0400. The number of rotatable bonds is 1. The Morgan fingerprint density at radius 1 is 1.75 bits per heavy atom. The van der Waals surface area contributed by atoms with Gasteiger partial charge in [0.15, 0.2) is 0 Å². The second-order valence-corrected chi connectivity index (χ2v) is 2.77. The fourth-order valence-electron chi connectivity index (χ4n) is 0.833. The van der Waals surface area contributed by atoms with E-state index in [2.05, 4.69) is 35.0 Å². The van der Waals surface area contributed by atoms with Crippen LogP contribution >= 0.6 is 15.9 Å². The van der Waals surface area contributed by atoms with Crippen LogP contribution in [0.3, 0.4) is 0 Å². The van der Waals surface area contributed by atoms with E-state index in [4.69, 9.17) is 0 Å². The summed E-state index contributed by atoms with van der Waals surface area (Å²) in [4.78, 5) is 0. The monoisotopic (exact) mass is 172 g/mol. The van der Waals surface area contributed by atoms with E-state index < -0.39 is 0 Å². The Labute approximate surface area is 58.4 Å². The molecule has 0 unspecified atom stereocenters. The summed E-state index contributed by atoms with van der Waals surface area (Å²) in [5.74, 6) is 0. The molecule has 0 aromatic rings. The van der Waals surface area contributed by atoms with Gasteiger partial charge in [-0.2, -0.15) is 0 Å². The van der Waals surface area contributed by atoms with Crippen molar-refractivity contribution in [3.8, 4) is 0 Å². The first-order valence-corrected chi connectivity index (χ1v) is 3.68. The van der Waals surface area contributed by atoms with E-state index in [0.29, 0.717) is 0 Å². The van der Waals surface area contributed by atoms with E-state index in [1.165, 1.54) is 16.5 Å². The molecule has 0 fully saturated rings. The SMILES string of the molecule is CCC1=C(Br)C=CC1. The molecule has 1 aliphatic carbocycles. The van der Waals surface area contributed by atoms with Gasteiger partial charge < -0.3 is 0 Å². The smallest absolute Gasteiger partial charge is 0.0167 e. The van der Waals surface area contributed by atoms with Gasteiger partial charge in [-0.3, -0.25) is 0 Å². The van der Waals surface area contributed by atoms with Crippen LogP contribution in [0.25, 0.3) is 0 Å². The van der Waals surface area contributed by atoms with Crippen LogP contribution < -0.4 is 0 Å². The van der Waals surface area contributed by atoms with Crippen LogP contribution in [0.2, 0.25) is 0 Å². The van der Waals surface area contributed by atoms with Crippen LogP contribution in [0.1, 0.15) is 19.8 Å². The molecule has 0 bridgehead atoms. The molecule has 1 heteroatoms. The molecule has 0 N–H and O–H groups in total. The lowest BCUT2D eigenvalue weighted by molar-refractivity contribution is 1.05. The van der Waals surface area contributed by atoms with Crippen molar-refractivity contribution in [1.29, 1.82) is 0 Å². The van der Waals surface area contributed by atoms with Crippen LogP contribution in [-0.4, -0.2) is 0 Å². The fraction of sp³-hybridized carbons (Fsp3) is 0.429. The minimum absolute atomic E-state index is 1.15. The van der Waals surface area contributed by atoms with E-state index in [-0.39, 0.29) is 0 Å². The van der Waals surface area contributed by atoms with Gasteiger partial charge in [0.1, 0.15) is 0 Å². The fourth-order valence-corrected chi connectivity index (χ4v) is 1.46.